The Morgan fingerprint density at radius 2 is 1.58 bits per heavy atom. The Bertz CT molecular complexity index is 1540. The van der Waals surface area contributed by atoms with Crippen molar-refractivity contribution in [3.63, 3.8) is 0 Å². The Labute approximate surface area is 301 Å². The molecule has 3 fully saturated rings. The third-order valence-corrected chi connectivity index (χ3v) is 11.2. The quantitative estimate of drug-likeness (QED) is 0.348. The maximum Gasteiger partial charge on any atom is 0.410 e. The average molecular weight is 756 g/mol. The van der Waals surface area contributed by atoms with Crippen LogP contribution in [0.3, 0.4) is 0 Å². The second-order valence-corrected chi connectivity index (χ2v) is 14.5. The summed E-state index contributed by atoms with van der Waals surface area (Å²) in [6.45, 7) is 6.25. The lowest BCUT2D eigenvalue weighted by Gasteiger charge is -2.43. The first kappa shape index (κ1) is 35.9. The number of para-hydroxylation sites is 1. The number of amides is 4. The highest BCUT2D eigenvalue weighted by Crippen LogP contribution is 2.28. The predicted molar refractivity (Wildman–Crippen MR) is 190 cm³/mol. The molecule has 270 valence electrons. The lowest BCUT2D eigenvalue weighted by molar-refractivity contribution is -0.143. The number of urea groups is 1. The number of likely N-dealkylation sites (tertiary alicyclic amines) is 2. The second kappa shape index (κ2) is 16.4. The van der Waals surface area contributed by atoms with Gasteiger partial charge >= 0.3 is 18.1 Å². The Kier molecular flexibility index (Phi) is 11.8. The van der Waals surface area contributed by atoms with Crippen molar-refractivity contribution in [3.05, 3.63) is 58.1 Å². The number of carboxylic acid groups (broad SMARTS) is 1. The number of nitrogens with zero attached hydrogens (tertiary/aromatic N) is 5. The number of halogens is 1. The van der Waals surface area contributed by atoms with Crippen molar-refractivity contribution >= 4 is 45.6 Å². The average Bonchev–Trinajstić information content (AvgIpc) is 3.30. The summed E-state index contributed by atoms with van der Waals surface area (Å²) in [5.74, 6) is -0.922. The van der Waals surface area contributed by atoms with Crippen LogP contribution in [0.5, 0.6) is 5.75 Å². The molecule has 2 aromatic rings. The molecule has 0 radical (unpaired) electrons. The minimum Gasteiger partial charge on any atom is -0.507 e. The van der Waals surface area contributed by atoms with Gasteiger partial charge in [-0.05, 0) is 90.4 Å². The van der Waals surface area contributed by atoms with E-state index in [4.69, 9.17) is 9.84 Å². The van der Waals surface area contributed by atoms with Crippen molar-refractivity contribution in [2.24, 2.45) is 0 Å². The van der Waals surface area contributed by atoms with Crippen LogP contribution in [-0.4, -0.2) is 142 Å². The SMILES string of the molecule is O=C(O)CCN1CCC(N2CCN(C(=O)C(Cc3ccc(O)c(Br)c3)OC(=O)N3CCC(N4CCc5ccccc5NC4=O)CC3)CC2)CC1. The molecule has 14 heteroatoms. The molecule has 1 atom stereocenters. The number of phenols is 1. The molecule has 4 aliphatic heterocycles. The van der Waals surface area contributed by atoms with Gasteiger partial charge < -0.3 is 39.9 Å². The van der Waals surface area contributed by atoms with Crippen LogP contribution in [0.25, 0.3) is 0 Å². The van der Waals surface area contributed by atoms with Crippen LogP contribution in [0.4, 0.5) is 15.3 Å². The number of nitrogens with one attached hydrogen (secondary N) is 1. The number of piperidine rings is 2. The number of carbonyl (C=O) groups is 4. The highest BCUT2D eigenvalue weighted by Gasteiger charge is 2.36. The van der Waals surface area contributed by atoms with E-state index in [1.54, 1.807) is 28.0 Å². The summed E-state index contributed by atoms with van der Waals surface area (Å²) < 4.78 is 6.50. The topological polar surface area (TPSA) is 146 Å². The van der Waals surface area contributed by atoms with Crippen LogP contribution in [0, 0.1) is 0 Å². The fraction of sp³-hybridized carbons (Fsp3) is 0.556. The number of carbonyl (C=O) groups excluding carboxylic acids is 3. The minimum atomic E-state index is -1.03. The van der Waals surface area contributed by atoms with Crippen molar-refractivity contribution in [3.8, 4) is 5.75 Å². The molecular formula is C36H47BrN6O7. The van der Waals surface area contributed by atoms with E-state index in [2.05, 4.69) is 31.0 Å². The number of phenolic OH excluding ortho intramolecular Hbond substituents is 1. The Morgan fingerprint density at radius 1 is 0.880 bits per heavy atom. The van der Waals surface area contributed by atoms with Crippen LogP contribution in [0.1, 0.15) is 43.2 Å². The Balaban J connectivity index is 1.04. The van der Waals surface area contributed by atoms with Crippen LogP contribution in [0.15, 0.2) is 46.9 Å². The number of aliphatic carboxylic acids is 1. The monoisotopic (exact) mass is 754 g/mol. The van der Waals surface area contributed by atoms with Gasteiger partial charge in [-0.15, -0.1) is 0 Å². The molecule has 0 aromatic heterocycles. The summed E-state index contributed by atoms with van der Waals surface area (Å²) in [6, 6.07) is 13.1. The van der Waals surface area contributed by atoms with Gasteiger partial charge in [0.1, 0.15) is 5.75 Å². The molecular weight excluding hydrogens is 708 g/mol. The second-order valence-electron chi connectivity index (χ2n) is 13.7. The first-order chi connectivity index (χ1) is 24.1. The van der Waals surface area contributed by atoms with Crippen molar-refractivity contribution in [1.29, 1.82) is 0 Å². The number of anilines is 1. The molecule has 4 aliphatic rings. The molecule has 3 N–H and O–H groups in total. The van der Waals surface area contributed by atoms with Crippen molar-refractivity contribution in [2.45, 2.75) is 63.1 Å². The van der Waals surface area contributed by atoms with Gasteiger partial charge in [-0.1, -0.05) is 24.3 Å². The summed E-state index contributed by atoms with van der Waals surface area (Å²) in [5.41, 5.74) is 2.70. The predicted octanol–water partition coefficient (Wildman–Crippen LogP) is 3.84. The molecule has 0 aliphatic carbocycles. The molecule has 4 heterocycles. The van der Waals surface area contributed by atoms with Crippen LogP contribution in [0.2, 0.25) is 0 Å². The van der Waals surface area contributed by atoms with Gasteiger partial charge in [-0.25, -0.2) is 9.59 Å². The lowest BCUT2D eigenvalue weighted by atomic mass is 10.0. The first-order valence-electron chi connectivity index (χ1n) is 17.7. The van der Waals surface area contributed by atoms with Gasteiger partial charge in [0.15, 0.2) is 6.10 Å². The number of carboxylic acids is 1. The van der Waals surface area contributed by atoms with E-state index >= 15 is 0 Å². The summed E-state index contributed by atoms with van der Waals surface area (Å²) >= 11 is 3.35. The van der Waals surface area contributed by atoms with Crippen molar-refractivity contribution in [1.82, 2.24) is 24.5 Å². The third kappa shape index (κ3) is 8.88. The zero-order valence-electron chi connectivity index (χ0n) is 28.3. The van der Waals surface area contributed by atoms with Crippen molar-refractivity contribution in [2.75, 3.05) is 70.8 Å². The van der Waals surface area contributed by atoms with Gasteiger partial charge in [0.05, 0.1) is 10.9 Å². The standard InChI is InChI=1S/C36H47BrN6O7/c37-29-23-25(5-6-31(29)44)24-32(34(47)41-21-19-40(20-22-41)27-8-13-39(14-9-27)15-12-33(45)46)50-36(49)42-16-10-28(11-17-42)43-18-7-26-3-1-2-4-30(26)38-35(43)48/h1-6,23,27-28,32,44H,7-22,24H2,(H,38,48)(H,45,46). The molecule has 0 spiro atoms. The van der Waals surface area contributed by atoms with E-state index < -0.39 is 18.2 Å². The molecule has 0 bridgehead atoms. The molecule has 13 nitrogen and oxygen atoms in total. The molecule has 3 saturated heterocycles. The number of ether oxygens (including phenoxy) is 1. The summed E-state index contributed by atoms with van der Waals surface area (Å²) in [6.07, 6.45) is 2.68. The van der Waals surface area contributed by atoms with Gasteiger partial charge in [0, 0.05) is 76.5 Å². The molecule has 2 aromatic carbocycles. The summed E-state index contributed by atoms with van der Waals surface area (Å²) in [5, 5.41) is 22.1. The number of hydrogen-bond donors (Lipinski definition) is 3. The third-order valence-electron chi connectivity index (χ3n) is 10.6. The van der Waals surface area contributed by atoms with Gasteiger partial charge in [-0.3, -0.25) is 14.5 Å². The van der Waals surface area contributed by atoms with E-state index in [1.165, 1.54) is 0 Å². The minimum absolute atomic E-state index is 0.00610. The zero-order chi connectivity index (χ0) is 35.2. The largest absolute Gasteiger partial charge is 0.507 e. The van der Waals surface area contributed by atoms with Crippen LogP contribution < -0.4 is 5.32 Å². The molecule has 4 amide bonds. The van der Waals surface area contributed by atoms with Gasteiger partial charge in [-0.2, -0.15) is 0 Å². The number of piperazine rings is 1. The van der Waals surface area contributed by atoms with E-state index in [0.29, 0.717) is 62.6 Å². The molecule has 0 saturated carbocycles. The first-order valence-corrected chi connectivity index (χ1v) is 18.5. The number of aromatic hydroxyl groups is 1. The summed E-state index contributed by atoms with van der Waals surface area (Å²) in [7, 11) is 0. The maximum absolute atomic E-state index is 14.0. The van der Waals surface area contributed by atoms with Crippen LogP contribution >= 0.6 is 15.9 Å². The number of hydrogen-bond acceptors (Lipinski definition) is 8. The summed E-state index contributed by atoms with van der Waals surface area (Å²) in [4.78, 5) is 61.5. The maximum atomic E-state index is 14.0. The molecule has 1 unspecified atom stereocenters. The zero-order valence-corrected chi connectivity index (χ0v) is 29.9. The van der Waals surface area contributed by atoms with Gasteiger partial charge in [0.25, 0.3) is 5.91 Å². The lowest BCUT2D eigenvalue weighted by Crippen LogP contribution is -2.56. The highest BCUT2D eigenvalue weighted by molar-refractivity contribution is 9.10. The Morgan fingerprint density at radius 3 is 2.28 bits per heavy atom. The highest BCUT2D eigenvalue weighted by atomic mass is 79.9. The normalized spacial score (nSPS) is 20.5. The Hall–Kier alpha value is -3.88. The fourth-order valence-electron chi connectivity index (χ4n) is 7.64. The van der Waals surface area contributed by atoms with Gasteiger partial charge in [0.2, 0.25) is 0 Å². The van der Waals surface area contributed by atoms with Crippen molar-refractivity contribution < 1.29 is 34.1 Å². The van der Waals surface area contributed by atoms with E-state index in [-0.39, 0.29) is 36.6 Å². The fourth-order valence-corrected chi connectivity index (χ4v) is 8.06. The number of rotatable bonds is 9. The smallest absolute Gasteiger partial charge is 0.410 e. The van der Waals surface area contributed by atoms with E-state index in [1.807, 2.05) is 29.2 Å². The number of fused-ring (bicyclic) bond motifs is 1. The number of benzene rings is 2. The molecule has 50 heavy (non-hydrogen) atoms. The van der Waals surface area contributed by atoms with E-state index in [9.17, 15) is 24.3 Å². The van der Waals surface area contributed by atoms with Crippen LogP contribution in [-0.2, 0) is 27.2 Å². The van der Waals surface area contributed by atoms with E-state index in [0.717, 1.165) is 62.3 Å². The molecule has 6 rings (SSSR count).